The zero-order valence-corrected chi connectivity index (χ0v) is 6.17. The van der Waals surface area contributed by atoms with Crippen molar-refractivity contribution in [3.8, 4) is 0 Å². The van der Waals surface area contributed by atoms with Crippen LogP contribution >= 0.6 is 0 Å². The second-order valence-corrected chi connectivity index (χ2v) is 2.24. The normalized spacial score (nSPS) is 18.2. The molecule has 0 bridgehead atoms. The number of rotatable bonds is 3. The summed E-state index contributed by atoms with van der Waals surface area (Å²) in [7, 11) is 0. The maximum absolute atomic E-state index is 9.06. The first-order valence-electron chi connectivity index (χ1n) is 3.36. The summed E-state index contributed by atoms with van der Waals surface area (Å²) in [6.45, 7) is 7.42. The average molecular weight is 127 g/mol. The fourth-order valence-corrected chi connectivity index (χ4v) is 0.813. The first-order valence-corrected chi connectivity index (χ1v) is 3.36. The number of hydrogen-bond donors (Lipinski definition) is 1. The van der Waals surface area contributed by atoms with Crippen molar-refractivity contribution in [3.05, 3.63) is 19.1 Å². The molecule has 53 valence electrons. The van der Waals surface area contributed by atoms with Crippen LogP contribution in [0.5, 0.6) is 0 Å². The molecule has 0 amide bonds. The summed E-state index contributed by atoms with van der Waals surface area (Å²) in [6.07, 6.45) is 4.41. The quantitative estimate of drug-likeness (QED) is 0.612. The molecule has 0 aromatic heterocycles. The fourth-order valence-electron chi connectivity index (χ4n) is 0.813. The van der Waals surface area contributed by atoms with Gasteiger partial charge in [0.2, 0.25) is 0 Å². The summed E-state index contributed by atoms with van der Waals surface area (Å²) >= 11 is 0. The van der Waals surface area contributed by atoms with E-state index < -0.39 is 0 Å². The van der Waals surface area contributed by atoms with E-state index in [2.05, 4.69) is 13.8 Å². The van der Waals surface area contributed by atoms with Gasteiger partial charge in [-0.2, -0.15) is 0 Å². The lowest BCUT2D eigenvalue weighted by Crippen LogP contribution is -2.12. The Bertz CT molecular complexity index is 84.6. The van der Waals surface area contributed by atoms with Crippen LogP contribution in [0.4, 0.5) is 0 Å². The van der Waals surface area contributed by atoms with Gasteiger partial charge in [-0.15, -0.1) is 0 Å². The maximum atomic E-state index is 9.06. The Morgan fingerprint density at radius 3 is 2.33 bits per heavy atom. The standard InChI is InChI=1S/C8H15O/c1-4-6-8(5-2)7(3)9/h4,6-9H,1,5H2,2-3H3/b6-4+. The van der Waals surface area contributed by atoms with Crippen LogP contribution in [0, 0.1) is 12.8 Å². The molecule has 9 heavy (non-hydrogen) atoms. The van der Waals surface area contributed by atoms with E-state index in [1.54, 1.807) is 13.0 Å². The van der Waals surface area contributed by atoms with Gasteiger partial charge in [0.1, 0.15) is 0 Å². The molecule has 1 radical (unpaired) electrons. The summed E-state index contributed by atoms with van der Waals surface area (Å²) in [5.41, 5.74) is 0. The third kappa shape index (κ3) is 3.31. The molecule has 0 aromatic rings. The smallest absolute Gasteiger partial charge is 0.0574 e. The van der Waals surface area contributed by atoms with Crippen molar-refractivity contribution in [2.75, 3.05) is 0 Å². The molecule has 1 heteroatoms. The summed E-state index contributed by atoms with van der Waals surface area (Å²) in [5, 5.41) is 9.06. The molecule has 0 aromatic carbocycles. The Labute approximate surface area is 57.4 Å². The van der Waals surface area contributed by atoms with Gasteiger partial charge < -0.3 is 5.11 Å². The minimum atomic E-state index is -0.243. The minimum absolute atomic E-state index is 0.243. The van der Waals surface area contributed by atoms with Crippen LogP contribution in [0.2, 0.25) is 0 Å². The van der Waals surface area contributed by atoms with Crippen LogP contribution in [-0.2, 0) is 0 Å². The molecule has 2 atom stereocenters. The molecule has 0 heterocycles. The van der Waals surface area contributed by atoms with Crippen molar-refractivity contribution in [2.24, 2.45) is 5.92 Å². The summed E-state index contributed by atoms with van der Waals surface area (Å²) in [6, 6.07) is 0. The van der Waals surface area contributed by atoms with Gasteiger partial charge in [-0.3, -0.25) is 0 Å². The van der Waals surface area contributed by atoms with E-state index in [0.29, 0.717) is 0 Å². The fraction of sp³-hybridized carbons (Fsp3) is 0.625. The van der Waals surface area contributed by atoms with Crippen molar-refractivity contribution >= 4 is 0 Å². The largest absolute Gasteiger partial charge is 0.393 e. The second-order valence-electron chi connectivity index (χ2n) is 2.24. The van der Waals surface area contributed by atoms with Gasteiger partial charge in [0.05, 0.1) is 6.10 Å². The van der Waals surface area contributed by atoms with Gasteiger partial charge in [-0.1, -0.05) is 19.1 Å². The zero-order valence-electron chi connectivity index (χ0n) is 6.17. The monoisotopic (exact) mass is 127 g/mol. The molecule has 0 saturated heterocycles. The molecule has 0 fully saturated rings. The second kappa shape index (κ2) is 4.57. The van der Waals surface area contributed by atoms with Gasteiger partial charge in [-0.05, 0) is 20.3 Å². The average Bonchev–Trinajstić information content (AvgIpc) is 1.82. The van der Waals surface area contributed by atoms with E-state index in [1.807, 2.05) is 6.08 Å². The van der Waals surface area contributed by atoms with Crippen LogP contribution in [0.15, 0.2) is 12.2 Å². The van der Waals surface area contributed by atoms with E-state index in [1.165, 1.54) is 0 Å². The van der Waals surface area contributed by atoms with E-state index in [4.69, 9.17) is 5.11 Å². The summed E-state index contributed by atoms with van der Waals surface area (Å²) < 4.78 is 0. The van der Waals surface area contributed by atoms with Gasteiger partial charge in [0.15, 0.2) is 0 Å². The Kier molecular flexibility index (Phi) is 4.41. The van der Waals surface area contributed by atoms with Crippen LogP contribution in [-0.4, -0.2) is 11.2 Å². The van der Waals surface area contributed by atoms with Crippen LogP contribution in [0.25, 0.3) is 0 Å². The highest BCUT2D eigenvalue weighted by atomic mass is 16.3. The van der Waals surface area contributed by atoms with Crippen LogP contribution in [0.3, 0.4) is 0 Å². The summed E-state index contributed by atoms with van der Waals surface area (Å²) in [4.78, 5) is 0. The molecule has 1 nitrogen and oxygen atoms in total. The predicted octanol–water partition coefficient (Wildman–Crippen LogP) is 1.78. The predicted molar refractivity (Wildman–Crippen MR) is 40.0 cm³/mol. The molecule has 2 unspecified atom stereocenters. The maximum Gasteiger partial charge on any atom is 0.0574 e. The highest BCUT2D eigenvalue weighted by molar-refractivity contribution is 4.91. The Morgan fingerprint density at radius 1 is 1.67 bits per heavy atom. The lowest BCUT2D eigenvalue weighted by atomic mass is 10.0. The van der Waals surface area contributed by atoms with E-state index in [0.717, 1.165) is 6.42 Å². The third-order valence-electron chi connectivity index (χ3n) is 1.47. The number of aliphatic hydroxyl groups is 1. The molecule has 0 aliphatic carbocycles. The number of hydrogen-bond acceptors (Lipinski definition) is 1. The first-order chi connectivity index (χ1) is 4.22. The summed E-state index contributed by atoms with van der Waals surface area (Å²) in [5.74, 6) is 0.280. The van der Waals surface area contributed by atoms with E-state index >= 15 is 0 Å². The van der Waals surface area contributed by atoms with Crippen LogP contribution < -0.4 is 0 Å². The Hall–Kier alpha value is -0.300. The minimum Gasteiger partial charge on any atom is -0.393 e. The third-order valence-corrected chi connectivity index (χ3v) is 1.47. The SMILES string of the molecule is [CH2]/C=C/C(CC)C(C)O. The van der Waals surface area contributed by atoms with Crippen molar-refractivity contribution in [1.82, 2.24) is 0 Å². The topological polar surface area (TPSA) is 20.2 Å². The van der Waals surface area contributed by atoms with Gasteiger partial charge >= 0.3 is 0 Å². The molecule has 0 spiro atoms. The first kappa shape index (κ1) is 8.70. The highest BCUT2D eigenvalue weighted by Crippen LogP contribution is 2.08. The lowest BCUT2D eigenvalue weighted by Gasteiger charge is -2.11. The Balaban J connectivity index is 3.68. The molecule has 0 aliphatic rings. The van der Waals surface area contributed by atoms with Gasteiger partial charge in [0.25, 0.3) is 0 Å². The van der Waals surface area contributed by atoms with Crippen LogP contribution in [0.1, 0.15) is 20.3 Å². The van der Waals surface area contributed by atoms with Crippen molar-refractivity contribution < 1.29 is 5.11 Å². The van der Waals surface area contributed by atoms with Crippen molar-refractivity contribution in [1.29, 1.82) is 0 Å². The molecule has 1 N–H and O–H groups in total. The Morgan fingerprint density at radius 2 is 2.22 bits per heavy atom. The van der Waals surface area contributed by atoms with Crippen molar-refractivity contribution in [2.45, 2.75) is 26.4 Å². The van der Waals surface area contributed by atoms with E-state index in [9.17, 15) is 0 Å². The molecular formula is C8H15O. The molecular weight excluding hydrogens is 112 g/mol. The zero-order chi connectivity index (χ0) is 7.28. The highest BCUT2D eigenvalue weighted by Gasteiger charge is 2.06. The number of aliphatic hydroxyl groups excluding tert-OH is 1. The molecule has 0 aliphatic heterocycles. The lowest BCUT2D eigenvalue weighted by molar-refractivity contribution is 0.147. The molecule has 0 rings (SSSR count). The van der Waals surface area contributed by atoms with Gasteiger partial charge in [0, 0.05) is 5.92 Å². The van der Waals surface area contributed by atoms with E-state index in [-0.39, 0.29) is 12.0 Å². The van der Waals surface area contributed by atoms with Gasteiger partial charge in [-0.25, -0.2) is 0 Å². The number of allylic oxidation sites excluding steroid dienone is 1. The molecule has 0 saturated carbocycles. The van der Waals surface area contributed by atoms with Crippen molar-refractivity contribution in [3.63, 3.8) is 0 Å².